The molecule has 0 aliphatic heterocycles. The molecular formula is C17H36O3S. The van der Waals surface area contributed by atoms with Gasteiger partial charge in [-0.05, 0) is 20.3 Å². The third-order valence-electron chi connectivity index (χ3n) is 4.59. The molecule has 0 saturated heterocycles. The van der Waals surface area contributed by atoms with Gasteiger partial charge in [0.25, 0.3) is 0 Å². The maximum atomic E-state index is 11.6. The summed E-state index contributed by atoms with van der Waals surface area (Å²) in [4.78, 5) is 0. The van der Waals surface area contributed by atoms with Crippen molar-refractivity contribution in [1.29, 1.82) is 0 Å². The molecule has 0 heterocycles. The highest BCUT2D eigenvalue weighted by molar-refractivity contribution is 7.92. The number of rotatable bonds is 13. The summed E-state index contributed by atoms with van der Waals surface area (Å²) in [5.41, 5.74) is 0. The number of unbranched alkanes of at least 4 members (excludes halogenated alkanes) is 9. The smallest absolute Gasteiger partial charge is 0.155 e. The van der Waals surface area contributed by atoms with Crippen molar-refractivity contribution in [2.75, 3.05) is 6.26 Å². The summed E-state index contributed by atoms with van der Waals surface area (Å²) >= 11 is 0. The molecule has 0 aliphatic rings. The molecule has 0 spiro atoms. The van der Waals surface area contributed by atoms with Crippen molar-refractivity contribution < 1.29 is 13.5 Å². The van der Waals surface area contributed by atoms with E-state index in [1.165, 1.54) is 57.6 Å². The van der Waals surface area contributed by atoms with Crippen LogP contribution in [0.5, 0.6) is 0 Å². The van der Waals surface area contributed by atoms with E-state index in [0.717, 1.165) is 12.8 Å². The maximum absolute atomic E-state index is 11.6. The molecule has 0 aromatic rings. The third-order valence-corrected chi connectivity index (χ3v) is 6.77. The van der Waals surface area contributed by atoms with Gasteiger partial charge < -0.3 is 5.11 Å². The van der Waals surface area contributed by atoms with Crippen LogP contribution in [0.3, 0.4) is 0 Å². The number of sulfone groups is 1. The van der Waals surface area contributed by atoms with Crippen molar-refractivity contribution in [3.63, 3.8) is 0 Å². The second-order valence-electron chi connectivity index (χ2n) is 6.86. The number of hydrogen-bond donors (Lipinski definition) is 1. The van der Waals surface area contributed by atoms with Gasteiger partial charge in [0.1, 0.15) is 0 Å². The minimum Gasteiger partial charge on any atom is -0.392 e. The predicted molar refractivity (Wildman–Crippen MR) is 91.4 cm³/mol. The molecule has 1 N–H and O–H groups in total. The van der Waals surface area contributed by atoms with Gasteiger partial charge in [0, 0.05) is 6.26 Å². The molecule has 0 aliphatic carbocycles. The van der Waals surface area contributed by atoms with Crippen LogP contribution in [0.25, 0.3) is 0 Å². The largest absolute Gasteiger partial charge is 0.392 e. The first-order valence-electron chi connectivity index (χ1n) is 8.61. The second kappa shape index (κ2) is 10.6. The molecule has 128 valence electrons. The Balaban J connectivity index is 3.59. The zero-order chi connectivity index (χ0) is 16.4. The Morgan fingerprint density at radius 2 is 1.24 bits per heavy atom. The number of hydrogen-bond acceptors (Lipinski definition) is 3. The van der Waals surface area contributed by atoms with Crippen LogP contribution in [-0.4, -0.2) is 30.6 Å². The molecule has 0 fully saturated rings. The van der Waals surface area contributed by atoms with Crippen molar-refractivity contribution in [2.24, 2.45) is 0 Å². The maximum Gasteiger partial charge on any atom is 0.155 e. The lowest BCUT2D eigenvalue weighted by Crippen LogP contribution is -2.43. The summed E-state index contributed by atoms with van der Waals surface area (Å²) in [5, 5.41) is 10.1. The van der Waals surface area contributed by atoms with Crippen LogP contribution in [0, 0.1) is 0 Å². The first kappa shape index (κ1) is 20.9. The van der Waals surface area contributed by atoms with E-state index in [0.29, 0.717) is 6.42 Å². The fraction of sp³-hybridized carbons (Fsp3) is 1.00. The summed E-state index contributed by atoms with van der Waals surface area (Å²) in [5.74, 6) is 0. The van der Waals surface area contributed by atoms with Gasteiger partial charge in [0.05, 0.1) is 10.9 Å². The quantitative estimate of drug-likeness (QED) is 0.509. The van der Waals surface area contributed by atoms with Crippen LogP contribution in [0.4, 0.5) is 0 Å². The minimum absolute atomic E-state index is 0.580. The molecule has 0 aromatic carbocycles. The highest BCUT2D eigenvalue weighted by Gasteiger charge is 2.37. The average Bonchev–Trinajstić information content (AvgIpc) is 2.39. The van der Waals surface area contributed by atoms with Crippen LogP contribution in [-0.2, 0) is 9.84 Å². The lowest BCUT2D eigenvalue weighted by atomic mass is 9.99. The van der Waals surface area contributed by atoms with E-state index in [9.17, 15) is 13.5 Å². The first-order valence-corrected chi connectivity index (χ1v) is 10.5. The van der Waals surface area contributed by atoms with Crippen LogP contribution in [0.2, 0.25) is 0 Å². The summed E-state index contributed by atoms with van der Waals surface area (Å²) in [6.07, 6.45) is 13.5. The molecule has 1 unspecified atom stereocenters. The van der Waals surface area contributed by atoms with Crippen LogP contribution in [0.1, 0.15) is 91.4 Å². The van der Waals surface area contributed by atoms with E-state index < -0.39 is 20.7 Å². The number of aliphatic hydroxyl groups is 1. The zero-order valence-corrected chi connectivity index (χ0v) is 15.3. The van der Waals surface area contributed by atoms with E-state index in [-0.39, 0.29) is 0 Å². The van der Waals surface area contributed by atoms with Crippen LogP contribution in [0.15, 0.2) is 0 Å². The number of aliphatic hydroxyl groups excluding tert-OH is 1. The summed E-state index contributed by atoms with van der Waals surface area (Å²) in [6, 6.07) is 0. The lowest BCUT2D eigenvalue weighted by Gasteiger charge is -2.28. The van der Waals surface area contributed by atoms with E-state index in [4.69, 9.17) is 0 Å². The predicted octanol–water partition coefficient (Wildman–Crippen LogP) is 4.48. The van der Waals surface area contributed by atoms with Crippen molar-refractivity contribution >= 4 is 9.84 Å². The minimum atomic E-state index is -3.21. The second-order valence-corrected chi connectivity index (χ2v) is 9.46. The van der Waals surface area contributed by atoms with Crippen molar-refractivity contribution in [3.05, 3.63) is 0 Å². The highest BCUT2D eigenvalue weighted by Crippen LogP contribution is 2.24. The standard InChI is InChI=1S/C17H36O3S/c1-5-6-7-8-9-10-11-12-13-14-15-16(18)17(2,3)21(4,19)20/h16,18H,5-15H2,1-4H3. The Morgan fingerprint density at radius 3 is 1.62 bits per heavy atom. The van der Waals surface area contributed by atoms with E-state index in [2.05, 4.69) is 6.92 Å². The Bertz CT molecular complexity index is 347. The molecule has 0 rings (SSSR count). The van der Waals surface area contributed by atoms with Gasteiger partial charge in [-0.2, -0.15) is 0 Å². The molecule has 0 radical (unpaired) electrons. The fourth-order valence-electron chi connectivity index (χ4n) is 2.42. The fourth-order valence-corrected chi connectivity index (χ4v) is 3.03. The van der Waals surface area contributed by atoms with Gasteiger partial charge >= 0.3 is 0 Å². The monoisotopic (exact) mass is 320 g/mol. The molecule has 0 bridgehead atoms. The molecule has 4 heteroatoms. The summed E-state index contributed by atoms with van der Waals surface area (Å²) in [6.45, 7) is 5.46. The normalized spacial score (nSPS) is 14.3. The average molecular weight is 321 g/mol. The molecule has 0 saturated carbocycles. The molecular weight excluding hydrogens is 284 g/mol. The van der Waals surface area contributed by atoms with Gasteiger partial charge in [-0.25, -0.2) is 8.42 Å². The Labute approximate surface area is 132 Å². The zero-order valence-electron chi connectivity index (χ0n) is 14.5. The van der Waals surface area contributed by atoms with Crippen molar-refractivity contribution in [3.8, 4) is 0 Å². The van der Waals surface area contributed by atoms with E-state index >= 15 is 0 Å². The Morgan fingerprint density at radius 1 is 0.857 bits per heavy atom. The van der Waals surface area contributed by atoms with Gasteiger partial charge in [-0.3, -0.25) is 0 Å². The van der Waals surface area contributed by atoms with Gasteiger partial charge in [-0.15, -0.1) is 0 Å². The van der Waals surface area contributed by atoms with Crippen molar-refractivity contribution in [2.45, 2.75) is 102 Å². The molecule has 0 aromatic heterocycles. The van der Waals surface area contributed by atoms with Gasteiger partial charge in [-0.1, -0.05) is 71.1 Å². The summed E-state index contributed by atoms with van der Waals surface area (Å²) in [7, 11) is -3.21. The topological polar surface area (TPSA) is 54.4 Å². The van der Waals surface area contributed by atoms with E-state index in [1.54, 1.807) is 13.8 Å². The summed E-state index contributed by atoms with van der Waals surface area (Å²) < 4.78 is 22.2. The highest BCUT2D eigenvalue weighted by atomic mass is 32.2. The van der Waals surface area contributed by atoms with Crippen LogP contribution < -0.4 is 0 Å². The Hall–Kier alpha value is -0.0900. The molecule has 0 amide bonds. The van der Waals surface area contributed by atoms with E-state index in [1.807, 2.05) is 0 Å². The van der Waals surface area contributed by atoms with Gasteiger partial charge in [0.15, 0.2) is 9.84 Å². The van der Waals surface area contributed by atoms with Crippen LogP contribution >= 0.6 is 0 Å². The van der Waals surface area contributed by atoms with Crippen molar-refractivity contribution in [1.82, 2.24) is 0 Å². The lowest BCUT2D eigenvalue weighted by molar-refractivity contribution is 0.125. The van der Waals surface area contributed by atoms with Gasteiger partial charge in [0.2, 0.25) is 0 Å². The molecule has 3 nitrogen and oxygen atoms in total. The molecule has 21 heavy (non-hydrogen) atoms. The molecule has 1 atom stereocenters. The third kappa shape index (κ3) is 8.82. The SMILES string of the molecule is CCCCCCCCCCCCC(O)C(C)(C)S(C)(=O)=O. The Kier molecular flexibility index (Phi) is 10.6. The first-order chi connectivity index (χ1) is 9.73.